The summed E-state index contributed by atoms with van der Waals surface area (Å²) in [7, 11) is 0. The van der Waals surface area contributed by atoms with Gasteiger partial charge in [0.15, 0.2) is 0 Å². The molecule has 72 valence electrons. The molecule has 4 heteroatoms. The zero-order valence-corrected chi connectivity index (χ0v) is 7.17. The van der Waals surface area contributed by atoms with Gasteiger partial charge in [0.05, 0.1) is 5.34 Å². The molecule has 0 saturated heterocycles. The van der Waals surface area contributed by atoms with Crippen LogP contribution in [-0.4, -0.2) is 11.1 Å². The Morgan fingerprint density at radius 3 is 2.23 bits per heavy atom. The van der Waals surface area contributed by atoms with Gasteiger partial charge in [-0.15, -0.1) is 0 Å². The Morgan fingerprint density at radius 1 is 1.23 bits per heavy atom. The van der Waals surface area contributed by atoms with E-state index in [0.717, 1.165) is 6.92 Å². The van der Waals surface area contributed by atoms with Gasteiger partial charge in [-0.1, -0.05) is 39.3 Å². The molecule has 13 heavy (non-hydrogen) atoms. The van der Waals surface area contributed by atoms with Crippen molar-refractivity contribution in [3.8, 4) is 0 Å². The average molecular weight is 189 g/mol. The Hall–Kier alpha value is -1.03. The fourth-order valence-corrected chi connectivity index (χ4v) is 1.03. The molecule has 0 spiro atoms. The van der Waals surface area contributed by atoms with E-state index < -0.39 is 11.1 Å². The molecule has 0 saturated carbocycles. The van der Waals surface area contributed by atoms with Crippen LogP contribution in [0.15, 0.2) is 30.3 Å². The van der Waals surface area contributed by atoms with Crippen LogP contribution in [0.25, 0.3) is 0 Å². The van der Waals surface area contributed by atoms with E-state index in [2.05, 4.69) is 0 Å². The molecule has 0 fully saturated rings. The highest BCUT2D eigenvalue weighted by atomic mass is 19.4. The van der Waals surface area contributed by atoms with Crippen LogP contribution in [0.1, 0.15) is 12.5 Å². The first-order valence-corrected chi connectivity index (χ1v) is 3.87. The first-order chi connectivity index (χ1) is 6.02. The number of hydrogen-bond donors (Lipinski definition) is 0. The molecule has 0 radical (unpaired) electrons. The van der Waals surface area contributed by atoms with Crippen LogP contribution in [0.4, 0.5) is 13.4 Å². The zero-order valence-electron chi connectivity index (χ0n) is 7.17. The zero-order chi connectivity index (χ0) is 9.90. The van der Waals surface area contributed by atoms with E-state index in [1.807, 2.05) is 0 Å². The maximum absolute atomic E-state index is 13.1. The molecule has 1 atom stereocenters. The van der Waals surface area contributed by atoms with E-state index in [9.17, 15) is 13.4 Å². The minimum atomic E-state index is -2.60. The lowest BCUT2D eigenvalue weighted by atomic mass is 10.1. The van der Waals surface area contributed by atoms with Gasteiger partial charge in [-0.05, 0) is 12.5 Å². The fraction of sp³-hybridized carbons (Fsp3) is 0.333. The Morgan fingerprint density at radius 2 is 1.77 bits per heavy atom. The molecule has 1 nitrogen and oxygen atoms in total. The van der Waals surface area contributed by atoms with Gasteiger partial charge < -0.3 is 0 Å². The third-order valence-corrected chi connectivity index (χ3v) is 1.72. The second-order valence-corrected chi connectivity index (χ2v) is 3.04. The first kappa shape index (κ1) is 10.1. The van der Waals surface area contributed by atoms with Crippen molar-refractivity contribution < 1.29 is 13.4 Å². The summed E-state index contributed by atoms with van der Waals surface area (Å²) in [5, 5.41) is -1.40. The van der Waals surface area contributed by atoms with Crippen LogP contribution in [0.5, 0.6) is 0 Å². The highest BCUT2D eigenvalue weighted by Crippen LogP contribution is 2.22. The SMILES string of the molecule is CC(F)(Cc1ccccc1)N(F)F. The topological polar surface area (TPSA) is 3.24 Å². The molecule has 0 aliphatic rings. The maximum atomic E-state index is 13.1. The van der Waals surface area contributed by atoms with Crippen molar-refractivity contribution in [3.05, 3.63) is 35.9 Å². The van der Waals surface area contributed by atoms with Crippen LogP contribution in [0.3, 0.4) is 0 Å². The van der Waals surface area contributed by atoms with E-state index in [1.54, 1.807) is 30.3 Å². The van der Waals surface area contributed by atoms with Gasteiger partial charge in [0, 0.05) is 6.42 Å². The van der Waals surface area contributed by atoms with Gasteiger partial charge in [0.1, 0.15) is 0 Å². The van der Waals surface area contributed by atoms with Crippen LogP contribution in [0, 0.1) is 0 Å². The van der Waals surface area contributed by atoms with Crippen LogP contribution >= 0.6 is 0 Å². The molecular weight excluding hydrogens is 179 g/mol. The molecular formula is C9H10F3N. The smallest absolute Gasteiger partial charge is 0.221 e. The van der Waals surface area contributed by atoms with E-state index in [0.29, 0.717) is 5.56 Å². The molecule has 0 N–H and O–H groups in total. The van der Waals surface area contributed by atoms with Crippen molar-refractivity contribution in [2.24, 2.45) is 0 Å². The summed E-state index contributed by atoms with van der Waals surface area (Å²) in [6.07, 6.45) is -0.319. The summed E-state index contributed by atoms with van der Waals surface area (Å²) < 4.78 is 37.0. The first-order valence-electron chi connectivity index (χ1n) is 3.87. The molecule has 0 amide bonds. The van der Waals surface area contributed by atoms with Gasteiger partial charge in [-0.3, -0.25) is 0 Å². The standard InChI is InChI=1S/C9H10F3N/c1-9(10,13(11)12)7-8-5-3-2-4-6-8/h2-6H,7H2,1H3. The van der Waals surface area contributed by atoms with Crippen molar-refractivity contribution >= 4 is 0 Å². The normalized spacial score (nSPS) is 15.8. The largest absolute Gasteiger partial charge is 0.223 e. The number of alkyl halides is 1. The summed E-state index contributed by atoms with van der Waals surface area (Å²) in [4.78, 5) is 0. The average Bonchev–Trinajstić information content (AvgIpc) is 2.05. The molecule has 0 aromatic heterocycles. The molecule has 1 unspecified atom stereocenters. The number of rotatable bonds is 3. The lowest BCUT2D eigenvalue weighted by Crippen LogP contribution is -2.33. The molecule has 0 aliphatic heterocycles. The monoisotopic (exact) mass is 189 g/mol. The van der Waals surface area contributed by atoms with Crippen molar-refractivity contribution in [1.82, 2.24) is 5.34 Å². The third-order valence-electron chi connectivity index (χ3n) is 1.72. The van der Waals surface area contributed by atoms with Crippen LogP contribution < -0.4 is 0 Å². The van der Waals surface area contributed by atoms with Crippen molar-refractivity contribution in [1.29, 1.82) is 0 Å². The van der Waals surface area contributed by atoms with E-state index >= 15 is 0 Å². The predicted octanol–water partition coefficient (Wildman–Crippen LogP) is 2.99. The van der Waals surface area contributed by atoms with Crippen LogP contribution in [-0.2, 0) is 6.42 Å². The summed E-state index contributed by atoms with van der Waals surface area (Å²) >= 11 is 0. The highest BCUT2D eigenvalue weighted by molar-refractivity contribution is 5.16. The quantitative estimate of drug-likeness (QED) is 0.522. The molecule has 1 rings (SSSR count). The number of benzene rings is 1. The van der Waals surface area contributed by atoms with E-state index in [4.69, 9.17) is 0 Å². The lowest BCUT2D eigenvalue weighted by Gasteiger charge is -2.19. The predicted molar refractivity (Wildman–Crippen MR) is 43.7 cm³/mol. The molecule has 1 aromatic rings. The van der Waals surface area contributed by atoms with Gasteiger partial charge >= 0.3 is 0 Å². The minimum absolute atomic E-state index is 0.319. The van der Waals surface area contributed by atoms with Crippen molar-refractivity contribution in [3.63, 3.8) is 0 Å². The van der Waals surface area contributed by atoms with Crippen LogP contribution in [0.2, 0.25) is 0 Å². The molecule has 0 heterocycles. The Bertz CT molecular complexity index is 259. The van der Waals surface area contributed by atoms with Gasteiger partial charge in [0.2, 0.25) is 5.79 Å². The number of halogens is 3. The van der Waals surface area contributed by atoms with Gasteiger partial charge in [-0.2, -0.15) is 0 Å². The van der Waals surface area contributed by atoms with E-state index in [1.165, 1.54) is 0 Å². The fourth-order valence-electron chi connectivity index (χ4n) is 1.03. The summed E-state index contributed by atoms with van der Waals surface area (Å²) in [6, 6.07) is 8.35. The summed E-state index contributed by atoms with van der Waals surface area (Å²) in [6.45, 7) is 0.847. The van der Waals surface area contributed by atoms with Crippen molar-refractivity contribution in [2.75, 3.05) is 0 Å². The Labute approximate surface area is 74.7 Å². The Kier molecular flexibility index (Phi) is 2.93. The minimum Gasteiger partial charge on any atom is -0.221 e. The van der Waals surface area contributed by atoms with Gasteiger partial charge in [-0.25, -0.2) is 4.39 Å². The number of hydrogen-bond acceptors (Lipinski definition) is 1. The van der Waals surface area contributed by atoms with Crippen molar-refractivity contribution in [2.45, 2.75) is 19.1 Å². The summed E-state index contributed by atoms with van der Waals surface area (Å²) in [5.74, 6) is -2.60. The maximum Gasteiger partial charge on any atom is 0.223 e. The molecule has 1 aromatic carbocycles. The van der Waals surface area contributed by atoms with Gasteiger partial charge in [0.25, 0.3) is 0 Å². The molecule has 0 aliphatic carbocycles. The summed E-state index contributed by atoms with van der Waals surface area (Å²) in [5.41, 5.74) is 0.549. The highest BCUT2D eigenvalue weighted by Gasteiger charge is 2.33. The van der Waals surface area contributed by atoms with E-state index in [-0.39, 0.29) is 6.42 Å². The second kappa shape index (κ2) is 3.79. The number of nitrogens with zero attached hydrogens (tertiary/aromatic N) is 1. The third kappa shape index (κ3) is 2.73. The molecule has 0 bridgehead atoms. The lowest BCUT2D eigenvalue weighted by molar-refractivity contribution is -0.271. The Balaban J connectivity index is 2.69. The second-order valence-electron chi connectivity index (χ2n) is 3.04.